The summed E-state index contributed by atoms with van der Waals surface area (Å²) < 4.78 is 31.7. The third kappa shape index (κ3) is 4.30. The highest BCUT2D eigenvalue weighted by Gasteiger charge is 2.34. The van der Waals surface area contributed by atoms with Gasteiger partial charge in [-0.2, -0.15) is 0 Å². The summed E-state index contributed by atoms with van der Waals surface area (Å²) in [4.78, 5) is 14.6. The molecule has 1 N–H and O–H groups in total. The van der Waals surface area contributed by atoms with Crippen LogP contribution in [0.15, 0.2) is 18.2 Å². The molecule has 0 aromatic heterocycles. The standard InChI is InChI=1S/C18H24F2N2O2/c19-14-6-4-13(10-15(14)20)5-7-18(23)21-16-11-24-12-17(16)22-8-2-1-3-9-22/h4,6,10,16-17H,1-3,5,7-9,11-12H2,(H,21,23)/t16-,17-/m1/s1. The second kappa shape index (κ2) is 8.03. The Morgan fingerprint density at radius 2 is 1.96 bits per heavy atom. The fraction of sp³-hybridized carbons (Fsp3) is 0.611. The molecular weight excluding hydrogens is 314 g/mol. The summed E-state index contributed by atoms with van der Waals surface area (Å²) in [5.41, 5.74) is 0.624. The second-order valence-electron chi connectivity index (χ2n) is 6.62. The van der Waals surface area contributed by atoms with Gasteiger partial charge in [-0.3, -0.25) is 9.69 Å². The highest BCUT2D eigenvalue weighted by Crippen LogP contribution is 2.19. The van der Waals surface area contributed by atoms with Crippen LogP contribution in [0.5, 0.6) is 0 Å². The van der Waals surface area contributed by atoms with Crippen LogP contribution < -0.4 is 5.32 Å². The molecule has 2 aliphatic rings. The third-order valence-electron chi connectivity index (χ3n) is 4.88. The van der Waals surface area contributed by atoms with Crippen molar-refractivity contribution in [1.29, 1.82) is 0 Å². The maximum Gasteiger partial charge on any atom is 0.220 e. The number of halogens is 2. The highest BCUT2D eigenvalue weighted by atomic mass is 19.2. The van der Waals surface area contributed by atoms with Crippen LogP contribution >= 0.6 is 0 Å². The van der Waals surface area contributed by atoms with Crippen LogP contribution in [0, 0.1) is 11.6 Å². The molecule has 4 nitrogen and oxygen atoms in total. The average molecular weight is 338 g/mol. The van der Waals surface area contributed by atoms with Gasteiger partial charge in [-0.25, -0.2) is 8.78 Å². The van der Waals surface area contributed by atoms with E-state index in [9.17, 15) is 13.6 Å². The Balaban J connectivity index is 1.49. The Kier molecular flexibility index (Phi) is 5.79. The van der Waals surface area contributed by atoms with Crippen LogP contribution in [0.3, 0.4) is 0 Å². The van der Waals surface area contributed by atoms with E-state index in [4.69, 9.17) is 4.74 Å². The number of benzene rings is 1. The predicted octanol–water partition coefficient (Wildman–Crippen LogP) is 2.27. The number of hydrogen-bond acceptors (Lipinski definition) is 3. The lowest BCUT2D eigenvalue weighted by Crippen LogP contribution is -2.52. The van der Waals surface area contributed by atoms with Gasteiger partial charge in [-0.15, -0.1) is 0 Å². The molecule has 6 heteroatoms. The van der Waals surface area contributed by atoms with E-state index in [1.165, 1.54) is 25.3 Å². The molecule has 0 aliphatic carbocycles. The first-order valence-corrected chi connectivity index (χ1v) is 8.68. The molecule has 3 rings (SSSR count). The largest absolute Gasteiger partial charge is 0.378 e. The van der Waals surface area contributed by atoms with Crippen LogP contribution in [0.4, 0.5) is 8.78 Å². The van der Waals surface area contributed by atoms with Crippen molar-refractivity contribution in [2.75, 3.05) is 26.3 Å². The van der Waals surface area contributed by atoms with Gasteiger partial charge in [0.15, 0.2) is 11.6 Å². The van der Waals surface area contributed by atoms with Crippen molar-refractivity contribution >= 4 is 5.91 Å². The second-order valence-corrected chi connectivity index (χ2v) is 6.62. The molecule has 1 aromatic carbocycles. The lowest BCUT2D eigenvalue weighted by molar-refractivity contribution is -0.122. The lowest BCUT2D eigenvalue weighted by atomic mass is 10.0. The molecule has 0 radical (unpaired) electrons. The SMILES string of the molecule is O=C(CCc1ccc(F)c(F)c1)N[C@@H]1COC[C@H]1N1CCCCC1. The van der Waals surface area contributed by atoms with E-state index in [1.807, 2.05) is 0 Å². The van der Waals surface area contributed by atoms with Crippen LogP contribution in [-0.4, -0.2) is 49.2 Å². The smallest absolute Gasteiger partial charge is 0.220 e. The van der Waals surface area contributed by atoms with Crippen LogP contribution in [0.25, 0.3) is 0 Å². The number of nitrogens with zero attached hydrogens (tertiary/aromatic N) is 1. The number of aryl methyl sites for hydroxylation is 1. The first-order chi connectivity index (χ1) is 11.6. The number of carbonyl (C=O) groups excluding carboxylic acids is 1. The minimum absolute atomic E-state index is 0.0144. The fourth-order valence-electron chi connectivity index (χ4n) is 3.52. The Hall–Kier alpha value is -1.53. The first-order valence-electron chi connectivity index (χ1n) is 8.68. The van der Waals surface area contributed by atoms with Gasteiger partial charge in [-0.1, -0.05) is 12.5 Å². The number of amides is 1. The number of likely N-dealkylation sites (tertiary alicyclic amines) is 1. The quantitative estimate of drug-likeness (QED) is 0.895. The van der Waals surface area contributed by atoms with Gasteiger partial charge >= 0.3 is 0 Å². The van der Waals surface area contributed by atoms with Gasteiger partial charge in [0, 0.05) is 6.42 Å². The molecule has 2 aliphatic heterocycles. The Bertz CT molecular complexity index is 576. The highest BCUT2D eigenvalue weighted by molar-refractivity contribution is 5.76. The Labute approximate surface area is 141 Å². The zero-order valence-corrected chi connectivity index (χ0v) is 13.8. The van der Waals surface area contributed by atoms with Gasteiger partial charge in [0.05, 0.1) is 25.3 Å². The number of hydrogen-bond donors (Lipinski definition) is 1. The van der Waals surface area contributed by atoms with Crippen LogP contribution in [-0.2, 0) is 16.0 Å². The fourth-order valence-corrected chi connectivity index (χ4v) is 3.52. The maximum atomic E-state index is 13.2. The van der Waals surface area contributed by atoms with Gasteiger partial charge in [0.2, 0.25) is 5.91 Å². The summed E-state index contributed by atoms with van der Waals surface area (Å²) in [7, 11) is 0. The van der Waals surface area contributed by atoms with E-state index in [0.29, 0.717) is 25.2 Å². The number of carbonyl (C=O) groups is 1. The zero-order valence-electron chi connectivity index (χ0n) is 13.8. The first kappa shape index (κ1) is 17.3. The van der Waals surface area contributed by atoms with Crippen LogP contribution in [0.2, 0.25) is 0 Å². The van der Waals surface area contributed by atoms with Crippen molar-refractivity contribution in [3.8, 4) is 0 Å². The molecule has 1 aromatic rings. The summed E-state index contributed by atoms with van der Waals surface area (Å²) in [6.45, 7) is 3.33. The maximum absolute atomic E-state index is 13.2. The molecule has 2 saturated heterocycles. The lowest BCUT2D eigenvalue weighted by Gasteiger charge is -2.34. The number of piperidine rings is 1. The van der Waals surface area contributed by atoms with E-state index in [2.05, 4.69) is 10.2 Å². The normalized spacial score (nSPS) is 24.9. The van der Waals surface area contributed by atoms with Gasteiger partial charge in [0.25, 0.3) is 0 Å². The van der Waals surface area contributed by atoms with Crippen LogP contribution in [0.1, 0.15) is 31.2 Å². The minimum Gasteiger partial charge on any atom is -0.378 e. The van der Waals surface area contributed by atoms with Crippen molar-refractivity contribution in [1.82, 2.24) is 10.2 Å². The van der Waals surface area contributed by atoms with E-state index < -0.39 is 11.6 Å². The topological polar surface area (TPSA) is 41.6 Å². The van der Waals surface area contributed by atoms with Crippen molar-refractivity contribution in [3.63, 3.8) is 0 Å². The van der Waals surface area contributed by atoms with E-state index in [-0.39, 0.29) is 24.4 Å². The molecule has 0 spiro atoms. The molecule has 2 fully saturated rings. The monoisotopic (exact) mass is 338 g/mol. The van der Waals surface area contributed by atoms with Gasteiger partial charge in [-0.05, 0) is 50.0 Å². The molecule has 24 heavy (non-hydrogen) atoms. The Morgan fingerprint density at radius 1 is 1.17 bits per heavy atom. The zero-order chi connectivity index (χ0) is 16.9. The van der Waals surface area contributed by atoms with Crippen molar-refractivity contribution in [3.05, 3.63) is 35.4 Å². The number of rotatable bonds is 5. The summed E-state index contributed by atoms with van der Waals surface area (Å²) >= 11 is 0. The molecule has 2 atom stereocenters. The Morgan fingerprint density at radius 3 is 2.71 bits per heavy atom. The van der Waals surface area contributed by atoms with Gasteiger partial charge < -0.3 is 10.1 Å². The van der Waals surface area contributed by atoms with E-state index in [1.54, 1.807) is 0 Å². The molecule has 0 bridgehead atoms. The molecule has 132 valence electrons. The van der Waals surface area contributed by atoms with Crippen molar-refractivity contribution in [2.45, 2.75) is 44.2 Å². The van der Waals surface area contributed by atoms with E-state index >= 15 is 0 Å². The third-order valence-corrected chi connectivity index (χ3v) is 4.88. The average Bonchev–Trinajstić information content (AvgIpc) is 3.05. The van der Waals surface area contributed by atoms with Crippen molar-refractivity contribution in [2.24, 2.45) is 0 Å². The van der Waals surface area contributed by atoms with E-state index in [0.717, 1.165) is 25.2 Å². The summed E-state index contributed by atoms with van der Waals surface area (Å²) in [5, 5.41) is 3.05. The van der Waals surface area contributed by atoms with Crippen molar-refractivity contribution < 1.29 is 18.3 Å². The molecule has 0 unspecified atom stereocenters. The molecule has 2 heterocycles. The number of ether oxygens (including phenoxy) is 1. The summed E-state index contributed by atoms with van der Waals surface area (Å²) in [5.74, 6) is -1.81. The van der Waals surface area contributed by atoms with Gasteiger partial charge in [0.1, 0.15) is 0 Å². The summed E-state index contributed by atoms with van der Waals surface area (Å²) in [6, 6.07) is 4.02. The summed E-state index contributed by atoms with van der Waals surface area (Å²) in [6.07, 6.45) is 4.33. The minimum atomic E-state index is -0.873. The molecule has 0 saturated carbocycles. The predicted molar refractivity (Wildman–Crippen MR) is 86.6 cm³/mol. The molecular formula is C18H24F2N2O2. The molecule has 1 amide bonds. The number of nitrogens with one attached hydrogen (secondary N) is 1.